The average molecular weight is 763 g/mol. The van der Waals surface area contributed by atoms with E-state index in [-0.39, 0.29) is 49.4 Å². The van der Waals surface area contributed by atoms with Gasteiger partial charge in [0.2, 0.25) is 0 Å². The van der Waals surface area contributed by atoms with E-state index in [1.807, 2.05) is 18.3 Å². The number of anilines is 2. The van der Waals surface area contributed by atoms with E-state index < -0.39 is 11.8 Å². The molecule has 0 spiro atoms. The molecule has 5 aliphatic rings. The molecule has 54 heavy (non-hydrogen) atoms. The maximum Gasteiger partial charge on any atom is 0.496 e. The van der Waals surface area contributed by atoms with Crippen molar-refractivity contribution in [2.45, 2.75) is 76.4 Å². The van der Waals surface area contributed by atoms with Gasteiger partial charge in [0.05, 0.1) is 66.2 Å². The maximum absolute atomic E-state index is 13.3. The van der Waals surface area contributed by atoms with Gasteiger partial charge in [-0.1, -0.05) is 42.0 Å². The topological polar surface area (TPSA) is 102 Å². The molecule has 3 saturated heterocycles. The third-order valence-electron chi connectivity index (χ3n) is 10.3. The van der Waals surface area contributed by atoms with Crippen LogP contribution in [0, 0.1) is 0 Å². The van der Waals surface area contributed by atoms with Crippen LogP contribution in [0.15, 0.2) is 61.5 Å². The quantitative estimate of drug-likeness (QED) is 0.162. The maximum atomic E-state index is 13.3. The molecule has 0 atom stereocenters. The van der Waals surface area contributed by atoms with Crippen molar-refractivity contribution < 1.29 is 26.9 Å². The lowest BCUT2D eigenvalue weighted by Crippen LogP contribution is -2.41. The molecule has 0 unspecified atom stereocenters. The Kier molecular flexibility index (Phi) is 10.3. The molecule has 0 N–H and O–H groups in total. The largest absolute Gasteiger partial charge is 0.496 e. The Morgan fingerprint density at radius 2 is 1.22 bits per heavy atom. The molecular weight excluding hydrogens is 723 g/mol. The number of aromatic nitrogens is 6. The number of nitrogens with zero attached hydrogens (tertiary/aromatic N) is 8. The summed E-state index contributed by atoms with van der Waals surface area (Å²) >= 11 is 5.61. The summed E-state index contributed by atoms with van der Waals surface area (Å²) in [5, 5.41) is 0.220. The zero-order chi connectivity index (χ0) is 38.3. The van der Waals surface area contributed by atoms with Crippen molar-refractivity contribution in [1.29, 1.82) is 0 Å². The number of hydrogen-bond donors (Lipinski definition) is 0. The van der Waals surface area contributed by atoms with Crippen molar-refractivity contribution in [2.75, 3.05) is 36.0 Å². The average Bonchev–Trinajstić information content (AvgIpc) is 3.96. The highest BCUT2D eigenvalue weighted by Crippen LogP contribution is 2.37. The van der Waals surface area contributed by atoms with Crippen LogP contribution in [0.3, 0.4) is 0 Å². The van der Waals surface area contributed by atoms with Gasteiger partial charge in [-0.05, 0) is 44.9 Å². The van der Waals surface area contributed by atoms with Crippen molar-refractivity contribution in [3.05, 3.63) is 89.1 Å². The van der Waals surface area contributed by atoms with Crippen LogP contribution < -0.4 is 15.3 Å². The fourth-order valence-corrected chi connectivity index (χ4v) is 6.65. The molecule has 3 aliphatic heterocycles. The third kappa shape index (κ3) is 8.43. The Bertz CT molecular complexity index is 2070. The normalized spacial score (nSPS) is 20.6. The Labute approximate surface area is 316 Å². The van der Waals surface area contributed by atoms with Crippen LogP contribution in [0.25, 0.3) is 23.4 Å². The summed E-state index contributed by atoms with van der Waals surface area (Å²) < 4.78 is 64.5. The van der Waals surface area contributed by atoms with Gasteiger partial charge in [-0.25, -0.2) is 27.5 Å². The molecule has 0 radical (unpaired) electrons. The van der Waals surface area contributed by atoms with Crippen LogP contribution in [0.5, 0.6) is 0 Å². The lowest BCUT2D eigenvalue weighted by atomic mass is 9.79. The van der Waals surface area contributed by atoms with Crippen LogP contribution in [-0.4, -0.2) is 86.2 Å². The molecule has 0 amide bonds. The highest BCUT2D eigenvalue weighted by atomic mass is 35.5. The number of rotatable bonds is 4. The smallest absolute Gasteiger partial charge is 0.399 e. The number of allylic oxidation sites excluding steroid dienone is 2. The summed E-state index contributed by atoms with van der Waals surface area (Å²) in [5.74, 6) is -4.36. The molecule has 0 aromatic carbocycles. The summed E-state index contributed by atoms with van der Waals surface area (Å²) in [6.07, 6.45) is 19.5. The summed E-state index contributed by atoms with van der Waals surface area (Å²) in [7, 11) is -0.318. The van der Waals surface area contributed by atoms with Gasteiger partial charge in [0.15, 0.2) is 0 Å². The highest BCUT2D eigenvalue weighted by molar-refractivity contribution is 6.62. The van der Waals surface area contributed by atoms with E-state index in [4.69, 9.17) is 20.9 Å². The van der Waals surface area contributed by atoms with Gasteiger partial charge >= 0.3 is 7.12 Å². The first-order valence-electron chi connectivity index (χ1n) is 17.8. The predicted molar refractivity (Wildman–Crippen MR) is 201 cm³/mol. The molecule has 3 fully saturated rings. The van der Waals surface area contributed by atoms with E-state index in [0.29, 0.717) is 30.4 Å². The first-order valence-corrected chi connectivity index (χ1v) is 18.2. The van der Waals surface area contributed by atoms with E-state index in [2.05, 4.69) is 81.9 Å². The summed E-state index contributed by atoms with van der Waals surface area (Å²) in [6.45, 7) is 8.25. The summed E-state index contributed by atoms with van der Waals surface area (Å²) in [5.41, 5.74) is 6.36. The first-order chi connectivity index (χ1) is 25.6. The van der Waals surface area contributed by atoms with Crippen LogP contribution in [0.1, 0.15) is 63.1 Å². The number of pyridine rings is 2. The fourth-order valence-electron chi connectivity index (χ4n) is 6.51. The second kappa shape index (κ2) is 14.6. The molecule has 0 bridgehead atoms. The van der Waals surface area contributed by atoms with Gasteiger partial charge in [-0.3, -0.25) is 19.9 Å². The molecule has 9 rings (SSSR count). The number of fused-ring (bicyclic) bond motifs is 2. The van der Waals surface area contributed by atoms with Crippen LogP contribution in [-0.2, 0) is 22.2 Å². The molecule has 7 heterocycles. The van der Waals surface area contributed by atoms with Crippen molar-refractivity contribution >= 4 is 48.0 Å². The zero-order valence-corrected chi connectivity index (χ0v) is 31.2. The van der Waals surface area contributed by atoms with E-state index in [9.17, 15) is 17.6 Å². The molecular formula is C38H40BClF4N8O2. The van der Waals surface area contributed by atoms with Crippen molar-refractivity contribution in [1.82, 2.24) is 29.9 Å². The molecule has 16 heteroatoms. The molecule has 4 aromatic rings. The number of alkyl halides is 4. The SMILES string of the molecule is CC1(C)OB(c2cnc3c(c2)C=CC3)OC1(C)C.FC1(F)CCN(c2cncc(-c3cnc4c(c3)C=CC4)n2)C1.FC1(F)CCN(c2cncc(Cl)n2)C1. The van der Waals surface area contributed by atoms with Gasteiger partial charge < -0.3 is 19.1 Å². The van der Waals surface area contributed by atoms with Crippen LogP contribution in [0.2, 0.25) is 5.15 Å². The van der Waals surface area contributed by atoms with Crippen molar-refractivity contribution in [3.8, 4) is 11.3 Å². The minimum Gasteiger partial charge on any atom is -0.399 e. The Balaban J connectivity index is 0.000000128. The van der Waals surface area contributed by atoms with Gasteiger partial charge in [0, 0.05) is 62.2 Å². The second-order valence-electron chi connectivity index (χ2n) is 14.9. The Hall–Kier alpha value is -4.47. The van der Waals surface area contributed by atoms with E-state index in [1.165, 1.54) is 29.1 Å². The van der Waals surface area contributed by atoms with Crippen molar-refractivity contribution in [3.63, 3.8) is 0 Å². The molecule has 282 valence electrons. The molecule has 2 aliphatic carbocycles. The first kappa shape index (κ1) is 37.8. The van der Waals surface area contributed by atoms with Crippen LogP contribution >= 0.6 is 11.6 Å². The Morgan fingerprint density at radius 3 is 1.78 bits per heavy atom. The lowest BCUT2D eigenvalue weighted by Gasteiger charge is -2.32. The van der Waals surface area contributed by atoms with E-state index in [1.54, 1.807) is 17.3 Å². The second-order valence-corrected chi connectivity index (χ2v) is 15.3. The fraction of sp³-hybridized carbons (Fsp3) is 0.421. The monoisotopic (exact) mass is 762 g/mol. The lowest BCUT2D eigenvalue weighted by molar-refractivity contribution is 0.00578. The van der Waals surface area contributed by atoms with Gasteiger partial charge in [-0.2, -0.15) is 0 Å². The molecule has 4 aromatic heterocycles. The molecule has 0 saturated carbocycles. The van der Waals surface area contributed by atoms with E-state index in [0.717, 1.165) is 40.8 Å². The van der Waals surface area contributed by atoms with Crippen LogP contribution in [0.4, 0.5) is 29.2 Å². The third-order valence-corrected chi connectivity index (χ3v) is 10.5. The summed E-state index contributed by atoms with van der Waals surface area (Å²) in [4.78, 5) is 28.3. The number of hydrogen-bond acceptors (Lipinski definition) is 10. The van der Waals surface area contributed by atoms with Gasteiger partial charge in [0.25, 0.3) is 11.8 Å². The highest BCUT2D eigenvalue weighted by Gasteiger charge is 2.52. The zero-order valence-electron chi connectivity index (χ0n) is 30.4. The van der Waals surface area contributed by atoms with Crippen molar-refractivity contribution in [2.24, 2.45) is 0 Å². The molecule has 10 nitrogen and oxygen atoms in total. The van der Waals surface area contributed by atoms with Gasteiger partial charge in [-0.15, -0.1) is 0 Å². The van der Waals surface area contributed by atoms with E-state index >= 15 is 0 Å². The minimum atomic E-state index is -2.64. The summed E-state index contributed by atoms with van der Waals surface area (Å²) in [6, 6.07) is 4.13. The standard InChI is InChI=1S/C16H14F2N4.C14H18BNO2.C8H8ClF2N3/c17-16(18)4-5-22(10-16)15-9-19-8-14(21-15)12-6-11-2-1-3-13(11)20-7-12;1-13(2)14(3,4)18-15(17-13)11-8-10-6-5-7-12(10)16-9-11;9-6-3-12-4-7(13-6)14-2-1-8(10,11)5-14/h1-2,6-9H,3-5,10H2;5-6,8-9H,7H2,1-4H3;3-4H,1-2,5H2. The minimum absolute atomic E-state index is 0.135. The Morgan fingerprint density at radius 1 is 0.685 bits per heavy atom. The predicted octanol–water partition coefficient (Wildman–Crippen LogP) is 6.88. The van der Waals surface area contributed by atoms with Gasteiger partial charge in [0.1, 0.15) is 16.8 Å². The number of halogens is 5.